The highest BCUT2D eigenvalue weighted by Gasteiger charge is 2.37. The third-order valence-electron chi connectivity index (χ3n) is 2.55. The van der Waals surface area contributed by atoms with E-state index in [2.05, 4.69) is 0 Å². The van der Waals surface area contributed by atoms with Gasteiger partial charge in [-0.1, -0.05) is 0 Å². The van der Waals surface area contributed by atoms with Gasteiger partial charge in [-0.15, -0.1) is 0 Å². The van der Waals surface area contributed by atoms with Gasteiger partial charge in [-0.05, 0) is 33.6 Å². The van der Waals surface area contributed by atoms with Crippen LogP contribution in [-0.2, 0) is 9.53 Å². The van der Waals surface area contributed by atoms with Crippen LogP contribution in [0.5, 0.6) is 0 Å². The van der Waals surface area contributed by atoms with Gasteiger partial charge in [-0.25, -0.2) is 8.78 Å². The van der Waals surface area contributed by atoms with Crippen LogP contribution in [0, 0.1) is 5.41 Å². The number of esters is 1. The van der Waals surface area contributed by atoms with Gasteiger partial charge in [0.05, 0.1) is 5.41 Å². The maximum Gasteiger partial charge on any atom is 0.311 e. The lowest BCUT2D eigenvalue weighted by molar-refractivity contribution is -0.164. The smallest absolute Gasteiger partial charge is 0.311 e. The Bertz CT molecular complexity index is 233. The molecule has 1 aliphatic carbocycles. The number of hydrogen-bond donors (Lipinski definition) is 0. The molecule has 4 heteroatoms. The summed E-state index contributed by atoms with van der Waals surface area (Å²) in [5.41, 5.74) is -0.556. The monoisotopic (exact) mass is 220 g/mol. The van der Waals surface area contributed by atoms with Crippen LogP contribution in [0.3, 0.4) is 0 Å². The molecule has 0 aromatic carbocycles. The zero-order valence-electron chi connectivity index (χ0n) is 9.48. The number of alkyl halides is 2. The van der Waals surface area contributed by atoms with Gasteiger partial charge in [0.2, 0.25) is 5.92 Å². The summed E-state index contributed by atoms with van der Waals surface area (Å²) in [6, 6.07) is 0. The van der Waals surface area contributed by atoms with Crippen molar-refractivity contribution in [3.63, 3.8) is 0 Å². The summed E-state index contributed by atoms with van der Waals surface area (Å²) < 4.78 is 30.8. The Hall–Kier alpha value is -0.670. The normalized spacial score (nSPS) is 22.5. The molecule has 0 amide bonds. The molecule has 0 bridgehead atoms. The maximum absolute atomic E-state index is 12.8. The van der Waals surface area contributed by atoms with Crippen molar-refractivity contribution in [2.45, 2.75) is 58.5 Å². The lowest BCUT2D eigenvalue weighted by Crippen LogP contribution is -2.34. The SMILES string of the molecule is CC(C)(C)C(=O)OC1CCC(F)(F)CC1. The fraction of sp³-hybridized carbons (Fsp3) is 0.909. The third-order valence-corrected chi connectivity index (χ3v) is 2.55. The lowest BCUT2D eigenvalue weighted by Gasteiger charge is -2.29. The number of ether oxygens (including phenoxy) is 1. The quantitative estimate of drug-likeness (QED) is 0.634. The van der Waals surface area contributed by atoms with Crippen molar-refractivity contribution in [3.8, 4) is 0 Å². The van der Waals surface area contributed by atoms with E-state index in [0.717, 1.165) is 0 Å². The summed E-state index contributed by atoms with van der Waals surface area (Å²) in [5, 5.41) is 0. The van der Waals surface area contributed by atoms with Crippen LogP contribution >= 0.6 is 0 Å². The number of carbonyl (C=O) groups is 1. The van der Waals surface area contributed by atoms with Gasteiger partial charge in [0.25, 0.3) is 0 Å². The van der Waals surface area contributed by atoms with E-state index in [4.69, 9.17) is 4.74 Å². The summed E-state index contributed by atoms with van der Waals surface area (Å²) in [5.74, 6) is -2.87. The molecule has 0 atom stereocenters. The summed E-state index contributed by atoms with van der Waals surface area (Å²) >= 11 is 0. The van der Waals surface area contributed by atoms with Gasteiger partial charge < -0.3 is 4.74 Å². The summed E-state index contributed by atoms with van der Waals surface area (Å²) in [4.78, 5) is 11.5. The van der Waals surface area contributed by atoms with Crippen LogP contribution < -0.4 is 0 Å². The molecule has 0 radical (unpaired) electrons. The van der Waals surface area contributed by atoms with Crippen LogP contribution in [0.1, 0.15) is 46.5 Å². The van der Waals surface area contributed by atoms with Crippen LogP contribution in [0.2, 0.25) is 0 Å². The summed E-state index contributed by atoms with van der Waals surface area (Å²) in [7, 11) is 0. The highest BCUT2D eigenvalue weighted by atomic mass is 19.3. The van der Waals surface area contributed by atoms with E-state index in [1.54, 1.807) is 20.8 Å². The fourth-order valence-corrected chi connectivity index (χ4v) is 1.46. The number of halogens is 2. The van der Waals surface area contributed by atoms with Crippen LogP contribution in [0.25, 0.3) is 0 Å². The van der Waals surface area contributed by atoms with E-state index < -0.39 is 11.3 Å². The molecule has 1 rings (SSSR count). The van der Waals surface area contributed by atoms with Crippen molar-refractivity contribution in [2.75, 3.05) is 0 Å². The van der Waals surface area contributed by atoms with E-state index in [1.165, 1.54) is 0 Å². The van der Waals surface area contributed by atoms with E-state index >= 15 is 0 Å². The molecule has 0 N–H and O–H groups in total. The maximum atomic E-state index is 12.8. The fourth-order valence-electron chi connectivity index (χ4n) is 1.46. The molecule has 0 saturated heterocycles. The number of rotatable bonds is 1. The summed E-state index contributed by atoms with van der Waals surface area (Å²) in [6.07, 6.45) is -0.121. The van der Waals surface area contributed by atoms with E-state index in [9.17, 15) is 13.6 Å². The van der Waals surface area contributed by atoms with Gasteiger partial charge in [-0.3, -0.25) is 4.79 Å². The third kappa shape index (κ3) is 3.76. The molecular weight excluding hydrogens is 202 g/mol. The van der Waals surface area contributed by atoms with Gasteiger partial charge in [0.15, 0.2) is 0 Å². The van der Waals surface area contributed by atoms with E-state index in [0.29, 0.717) is 0 Å². The zero-order valence-corrected chi connectivity index (χ0v) is 9.48. The minimum Gasteiger partial charge on any atom is -0.462 e. The van der Waals surface area contributed by atoms with Crippen molar-refractivity contribution >= 4 is 5.97 Å². The highest BCUT2D eigenvalue weighted by molar-refractivity contribution is 5.75. The lowest BCUT2D eigenvalue weighted by atomic mass is 9.93. The van der Waals surface area contributed by atoms with Gasteiger partial charge in [0, 0.05) is 12.8 Å². The Morgan fingerprint density at radius 1 is 1.27 bits per heavy atom. The first kappa shape index (κ1) is 12.4. The molecule has 15 heavy (non-hydrogen) atoms. The van der Waals surface area contributed by atoms with Crippen LogP contribution in [0.4, 0.5) is 8.78 Å². The first-order chi connectivity index (χ1) is 6.71. The number of hydrogen-bond acceptors (Lipinski definition) is 2. The van der Waals surface area contributed by atoms with E-state index in [-0.39, 0.29) is 37.8 Å². The van der Waals surface area contributed by atoms with Crippen molar-refractivity contribution in [3.05, 3.63) is 0 Å². The second-order valence-electron chi connectivity index (χ2n) is 5.21. The molecule has 88 valence electrons. The molecule has 1 aliphatic rings. The average molecular weight is 220 g/mol. The highest BCUT2D eigenvalue weighted by Crippen LogP contribution is 2.34. The molecule has 0 heterocycles. The molecule has 1 saturated carbocycles. The van der Waals surface area contributed by atoms with Crippen molar-refractivity contribution in [1.82, 2.24) is 0 Å². The van der Waals surface area contributed by atoms with Crippen LogP contribution in [0.15, 0.2) is 0 Å². The predicted molar refractivity (Wildman–Crippen MR) is 52.8 cm³/mol. The molecule has 0 aliphatic heterocycles. The standard InChI is InChI=1S/C11H18F2O2/c1-10(2,3)9(14)15-8-4-6-11(12,13)7-5-8/h8H,4-7H2,1-3H3. The second kappa shape index (κ2) is 4.06. The Balaban J connectivity index is 2.40. The predicted octanol–water partition coefficient (Wildman–Crippen LogP) is 3.15. The molecule has 0 spiro atoms. The Labute approximate surface area is 89.0 Å². The average Bonchev–Trinajstić information content (AvgIpc) is 2.07. The topological polar surface area (TPSA) is 26.3 Å². The first-order valence-electron chi connectivity index (χ1n) is 5.30. The second-order valence-corrected chi connectivity index (χ2v) is 5.21. The number of carbonyl (C=O) groups excluding carboxylic acids is 1. The van der Waals surface area contributed by atoms with Gasteiger partial charge in [0.1, 0.15) is 6.10 Å². The minimum absolute atomic E-state index is 0.172. The minimum atomic E-state index is -2.56. The molecule has 1 fully saturated rings. The largest absolute Gasteiger partial charge is 0.462 e. The summed E-state index contributed by atoms with van der Waals surface area (Å²) in [6.45, 7) is 5.27. The van der Waals surface area contributed by atoms with Gasteiger partial charge >= 0.3 is 5.97 Å². The Morgan fingerprint density at radius 2 is 1.73 bits per heavy atom. The molecule has 0 aromatic heterocycles. The zero-order chi connectivity index (χ0) is 11.7. The van der Waals surface area contributed by atoms with Crippen molar-refractivity contribution < 1.29 is 18.3 Å². The molecule has 2 nitrogen and oxygen atoms in total. The molecule has 0 unspecified atom stereocenters. The van der Waals surface area contributed by atoms with Crippen molar-refractivity contribution in [1.29, 1.82) is 0 Å². The van der Waals surface area contributed by atoms with Crippen molar-refractivity contribution in [2.24, 2.45) is 5.41 Å². The van der Waals surface area contributed by atoms with Gasteiger partial charge in [-0.2, -0.15) is 0 Å². The van der Waals surface area contributed by atoms with E-state index in [1.807, 2.05) is 0 Å². The Kier molecular flexibility index (Phi) is 3.36. The Morgan fingerprint density at radius 3 is 2.13 bits per heavy atom. The van der Waals surface area contributed by atoms with Crippen LogP contribution in [-0.4, -0.2) is 18.0 Å². The first-order valence-corrected chi connectivity index (χ1v) is 5.30. The molecular formula is C11H18F2O2. The molecule has 0 aromatic rings.